The number of hydrogen-bond donors (Lipinski definition) is 0. The normalized spacial score (nSPS) is 12.7. The molecule has 5 nitrogen and oxygen atoms in total. The monoisotopic (exact) mass is 500 g/mol. The third-order valence-electron chi connectivity index (χ3n) is 5.29. The van der Waals surface area contributed by atoms with Gasteiger partial charge in [-0.3, -0.25) is 4.57 Å². The molecule has 0 aliphatic rings. The number of nitrogens with zero attached hydrogens (tertiary/aromatic N) is 4. The van der Waals surface area contributed by atoms with Crippen LogP contribution in [0.15, 0.2) is 72.5 Å². The number of ether oxygens (including phenoxy) is 1. The second kappa shape index (κ2) is 8.73. The van der Waals surface area contributed by atoms with Gasteiger partial charge in [0.25, 0.3) is 0 Å². The average Bonchev–Trinajstić information content (AvgIpc) is 3.44. The van der Waals surface area contributed by atoms with Gasteiger partial charge in [-0.25, -0.2) is 15.0 Å². The predicted octanol–water partition coefficient (Wildman–Crippen LogP) is 7.36. The van der Waals surface area contributed by atoms with E-state index in [1.165, 1.54) is 23.5 Å². The van der Waals surface area contributed by atoms with Gasteiger partial charge in [0.1, 0.15) is 23.2 Å². The fourth-order valence-corrected chi connectivity index (χ4v) is 4.67. The van der Waals surface area contributed by atoms with E-state index < -0.39 is 17.8 Å². The Labute approximate surface area is 201 Å². The Balaban J connectivity index is 1.40. The maximum atomic E-state index is 13.4. The lowest BCUT2D eigenvalue weighted by atomic mass is 10.0. The van der Waals surface area contributed by atoms with Crippen molar-refractivity contribution >= 4 is 34.0 Å². The molecule has 0 amide bonds. The Morgan fingerprint density at radius 2 is 1.88 bits per heavy atom. The molecule has 172 valence electrons. The third kappa shape index (κ3) is 4.36. The van der Waals surface area contributed by atoms with E-state index >= 15 is 0 Å². The van der Waals surface area contributed by atoms with Gasteiger partial charge in [0, 0.05) is 28.8 Å². The maximum absolute atomic E-state index is 13.4. The average molecular weight is 501 g/mol. The number of halogens is 4. The summed E-state index contributed by atoms with van der Waals surface area (Å²) in [4.78, 5) is 12.6. The lowest BCUT2D eigenvalue weighted by Gasteiger charge is -2.19. The van der Waals surface area contributed by atoms with Crippen LogP contribution in [0, 0.1) is 0 Å². The van der Waals surface area contributed by atoms with Crippen LogP contribution in [0.2, 0.25) is 5.28 Å². The summed E-state index contributed by atoms with van der Waals surface area (Å²) >= 11 is 7.31. The minimum Gasteiger partial charge on any atom is -0.485 e. The van der Waals surface area contributed by atoms with E-state index in [1.807, 2.05) is 22.8 Å². The highest BCUT2D eigenvalue weighted by Gasteiger charge is 2.34. The first-order chi connectivity index (χ1) is 16.3. The molecule has 1 atom stereocenters. The van der Waals surface area contributed by atoms with Crippen molar-refractivity contribution in [3.05, 3.63) is 88.9 Å². The van der Waals surface area contributed by atoms with E-state index in [1.54, 1.807) is 43.0 Å². The van der Waals surface area contributed by atoms with Gasteiger partial charge in [-0.1, -0.05) is 24.3 Å². The number of fused-ring (bicyclic) bond motifs is 1. The van der Waals surface area contributed by atoms with E-state index in [2.05, 4.69) is 15.0 Å². The summed E-state index contributed by atoms with van der Waals surface area (Å²) in [5, 5.41) is 2.76. The van der Waals surface area contributed by atoms with E-state index in [0.717, 1.165) is 27.7 Å². The first kappa shape index (κ1) is 22.4. The molecule has 0 saturated carbocycles. The maximum Gasteiger partial charge on any atom is 0.416 e. The van der Waals surface area contributed by atoms with E-state index in [0.29, 0.717) is 11.4 Å². The van der Waals surface area contributed by atoms with Crippen LogP contribution in [0.5, 0.6) is 5.75 Å². The van der Waals surface area contributed by atoms with Crippen LogP contribution < -0.4 is 4.74 Å². The van der Waals surface area contributed by atoms with Crippen LogP contribution in [0.25, 0.3) is 27.3 Å². The highest BCUT2D eigenvalue weighted by molar-refractivity contribution is 7.12. The smallest absolute Gasteiger partial charge is 0.416 e. The van der Waals surface area contributed by atoms with Gasteiger partial charge in [0.2, 0.25) is 5.28 Å². The van der Waals surface area contributed by atoms with Crippen LogP contribution in [0.3, 0.4) is 0 Å². The Hall–Kier alpha value is -3.43. The van der Waals surface area contributed by atoms with Crippen LogP contribution in [-0.2, 0) is 6.18 Å². The Morgan fingerprint density at radius 1 is 1.06 bits per heavy atom. The minimum atomic E-state index is -4.44. The quantitative estimate of drug-likeness (QED) is 0.237. The Kier molecular flexibility index (Phi) is 5.75. The highest BCUT2D eigenvalue weighted by atomic mass is 35.5. The standard InChI is InChI=1S/C24H16ClF3N4OS/c1-14(17-4-2-3-5-18(17)24(26,27)28)33-16-11-22(34-12-16)32-13-30-20-10-15(6-7-21(20)32)19-8-9-29-23(25)31-19/h2-14H,1H3/t14-/m1/s1. The van der Waals surface area contributed by atoms with Gasteiger partial charge in [0.15, 0.2) is 0 Å². The number of alkyl halides is 3. The fourth-order valence-electron chi connectivity index (χ4n) is 3.72. The van der Waals surface area contributed by atoms with Crippen molar-refractivity contribution in [2.24, 2.45) is 0 Å². The summed E-state index contributed by atoms with van der Waals surface area (Å²) in [6.45, 7) is 1.61. The zero-order valence-corrected chi connectivity index (χ0v) is 19.2. The minimum absolute atomic E-state index is 0.0909. The summed E-state index contributed by atoms with van der Waals surface area (Å²) < 4.78 is 47.9. The number of benzene rings is 2. The molecule has 0 unspecified atom stereocenters. The fraction of sp³-hybridized carbons (Fsp3) is 0.125. The van der Waals surface area contributed by atoms with Crippen LogP contribution in [0.1, 0.15) is 24.2 Å². The lowest BCUT2D eigenvalue weighted by molar-refractivity contribution is -0.138. The largest absolute Gasteiger partial charge is 0.485 e. The molecular weight excluding hydrogens is 485 g/mol. The van der Waals surface area contributed by atoms with E-state index in [9.17, 15) is 13.2 Å². The van der Waals surface area contributed by atoms with E-state index in [4.69, 9.17) is 16.3 Å². The van der Waals surface area contributed by atoms with Gasteiger partial charge in [-0.05, 0) is 42.8 Å². The molecule has 5 aromatic rings. The molecular formula is C24H16ClF3N4OS. The van der Waals surface area contributed by atoms with Crippen LogP contribution in [0.4, 0.5) is 13.2 Å². The number of rotatable bonds is 5. The molecule has 2 aromatic carbocycles. The van der Waals surface area contributed by atoms with Crippen molar-refractivity contribution in [1.29, 1.82) is 0 Å². The molecule has 0 aliphatic carbocycles. The molecule has 0 aliphatic heterocycles. The lowest BCUT2D eigenvalue weighted by Crippen LogP contribution is -2.13. The molecule has 3 aromatic heterocycles. The molecule has 0 saturated heterocycles. The Bertz CT molecular complexity index is 1480. The van der Waals surface area contributed by atoms with Gasteiger partial charge >= 0.3 is 6.18 Å². The summed E-state index contributed by atoms with van der Waals surface area (Å²) in [5.74, 6) is 0.485. The molecule has 0 spiro atoms. The third-order valence-corrected chi connectivity index (χ3v) is 6.37. The summed E-state index contributed by atoms with van der Waals surface area (Å²) in [5.41, 5.74) is 2.57. The SMILES string of the molecule is C[C@@H](Oc1csc(-n2cnc3cc(-c4ccnc(Cl)n4)ccc32)c1)c1ccccc1C(F)(F)F. The number of imidazole rings is 1. The molecule has 0 bridgehead atoms. The first-order valence-corrected chi connectivity index (χ1v) is 11.4. The molecule has 34 heavy (non-hydrogen) atoms. The van der Waals surface area contributed by atoms with Crippen molar-refractivity contribution in [1.82, 2.24) is 19.5 Å². The summed E-state index contributed by atoms with van der Waals surface area (Å²) in [7, 11) is 0. The van der Waals surface area contributed by atoms with Crippen LogP contribution in [-0.4, -0.2) is 19.5 Å². The van der Waals surface area contributed by atoms with Gasteiger partial charge in [-0.15, -0.1) is 11.3 Å². The number of hydrogen-bond acceptors (Lipinski definition) is 5. The van der Waals surface area contributed by atoms with E-state index in [-0.39, 0.29) is 10.8 Å². The van der Waals surface area contributed by atoms with Crippen molar-refractivity contribution in [2.45, 2.75) is 19.2 Å². The molecule has 0 radical (unpaired) electrons. The van der Waals surface area contributed by atoms with Crippen molar-refractivity contribution in [2.75, 3.05) is 0 Å². The zero-order chi connectivity index (χ0) is 23.9. The predicted molar refractivity (Wildman–Crippen MR) is 125 cm³/mol. The Morgan fingerprint density at radius 3 is 2.68 bits per heavy atom. The van der Waals surface area contributed by atoms with Crippen LogP contribution >= 0.6 is 22.9 Å². The van der Waals surface area contributed by atoms with Crippen molar-refractivity contribution in [3.8, 4) is 22.0 Å². The molecule has 3 heterocycles. The molecule has 0 fully saturated rings. The first-order valence-electron chi connectivity index (χ1n) is 10.2. The number of aromatic nitrogens is 4. The van der Waals surface area contributed by atoms with Gasteiger partial charge < -0.3 is 4.74 Å². The zero-order valence-electron chi connectivity index (χ0n) is 17.6. The molecule has 10 heteroatoms. The van der Waals surface area contributed by atoms with Crippen molar-refractivity contribution < 1.29 is 17.9 Å². The molecule has 5 rings (SSSR count). The summed E-state index contributed by atoms with van der Waals surface area (Å²) in [6, 6.07) is 14.8. The van der Waals surface area contributed by atoms with Crippen molar-refractivity contribution in [3.63, 3.8) is 0 Å². The number of thiophene rings is 1. The topological polar surface area (TPSA) is 52.8 Å². The highest BCUT2D eigenvalue weighted by Crippen LogP contribution is 2.37. The molecule has 0 N–H and O–H groups in total. The second-order valence-electron chi connectivity index (χ2n) is 7.49. The second-order valence-corrected chi connectivity index (χ2v) is 8.72. The summed E-state index contributed by atoms with van der Waals surface area (Å²) in [6.07, 6.45) is -1.93. The van der Waals surface area contributed by atoms with Gasteiger partial charge in [0.05, 0.1) is 22.3 Å². The van der Waals surface area contributed by atoms with Gasteiger partial charge in [-0.2, -0.15) is 13.2 Å².